The third-order valence-electron chi connectivity index (χ3n) is 2.05. The average Bonchev–Trinajstić information content (AvgIpc) is 2.29. The molecule has 0 aromatic carbocycles. The zero-order valence-electron chi connectivity index (χ0n) is 9.28. The van der Waals surface area contributed by atoms with Crippen molar-refractivity contribution < 1.29 is 13.9 Å². The lowest BCUT2D eigenvalue weighted by atomic mass is 10.1. The Morgan fingerprint density at radius 2 is 2.38 bits per heavy atom. The van der Waals surface area contributed by atoms with Gasteiger partial charge in [0.25, 0.3) is 0 Å². The van der Waals surface area contributed by atoms with Crippen molar-refractivity contribution in [3.8, 4) is 0 Å². The van der Waals surface area contributed by atoms with Crippen LogP contribution in [0.25, 0.3) is 0 Å². The maximum absolute atomic E-state index is 11.8. The highest BCUT2D eigenvalue weighted by atomic mass is 19.1. The number of carbonyl (C=O) groups is 1. The summed E-state index contributed by atoms with van der Waals surface area (Å²) in [4.78, 5) is 19.2. The summed E-state index contributed by atoms with van der Waals surface area (Å²) in [5, 5.41) is 0. The molecule has 1 aromatic heterocycles. The normalized spacial score (nSPS) is 10.1. The zero-order chi connectivity index (χ0) is 11.8. The highest BCUT2D eigenvalue weighted by Gasteiger charge is 2.10. The number of esters is 1. The molecule has 0 saturated carbocycles. The van der Waals surface area contributed by atoms with Crippen molar-refractivity contribution in [1.82, 2.24) is 9.97 Å². The lowest BCUT2D eigenvalue weighted by Gasteiger charge is -2.06. The second kappa shape index (κ2) is 6.87. The van der Waals surface area contributed by atoms with Gasteiger partial charge in [-0.05, 0) is 12.0 Å². The minimum absolute atomic E-state index is 0.0812. The van der Waals surface area contributed by atoms with Crippen LogP contribution in [0, 0.1) is 0 Å². The van der Waals surface area contributed by atoms with Crippen LogP contribution in [0.3, 0.4) is 0 Å². The zero-order valence-corrected chi connectivity index (χ0v) is 9.28. The Kier molecular flexibility index (Phi) is 5.39. The van der Waals surface area contributed by atoms with Gasteiger partial charge in [0.2, 0.25) is 0 Å². The van der Waals surface area contributed by atoms with Crippen LogP contribution in [-0.4, -0.2) is 29.2 Å². The minimum atomic E-state index is -0.655. The molecule has 0 aliphatic rings. The summed E-state index contributed by atoms with van der Waals surface area (Å²) in [6.07, 6.45) is 4.97. The predicted octanol–water partition coefficient (Wildman–Crippen LogP) is 1.48. The molecule has 4 nitrogen and oxygen atoms in total. The van der Waals surface area contributed by atoms with Gasteiger partial charge < -0.3 is 4.74 Å². The van der Waals surface area contributed by atoms with Gasteiger partial charge in [-0.25, -0.2) is 14.4 Å². The third-order valence-corrected chi connectivity index (χ3v) is 2.05. The molecule has 0 aliphatic heterocycles. The lowest BCUT2D eigenvalue weighted by molar-refractivity contribution is -0.143. The first-order valence-corrected chi connectivity index (χ1v) is 5.27. The molecule has 0 amide bonds. The first-order chi connectivity index (χ1) is 7.77. The van der Waals surface area contributed by atoms with E-state index in [0.29, 0.717) is 5.69 Å². The summed E-state index contributed by atoms with van der Waals surface area (Å²) in [6.45, 7) is 1.20. The van der Waals surface area contributed by atoms with E-state index in [4.69, 9.17) is 0 Å². The van der Waals surface area contributed by atoms with Crippen LogP contribution < -0.4 is 0 Å². The van der Waals surface area contributed by atoms with Crippen LogP contribution in [0.1, 0.15) is 24.6 Å². The first-order valence-electron chi connectivity index (χ1n) is 5.27. The van der Waals surface area contributed by atoms with Crippen molar-refractivity contribution >= 4 is 5.97 Å². The third kappa shape index (κ3) is 3.92. The Bertz CT molecular complexity index is 345. The highest BCUT2D eigenvalue weighted by molar-refractivity contribution is 5.72. The van der Waals surface area contributed by atoms with Gasteiger partial charge in [0.1, 0.15) is 19.6 Å². The molecular formula is C11H15FN2O2. The first kappa shape index (κ1) is 12.5. The van der Waals surface area contributed by atoms with Gasteiger partial charge in [-0.15, -0.1) is 0 Å². The van der Waals surface area contributed by atoms with Crippen molar-refractivity contribution in [3.05, 3.63) is 23.8 Å². The molecule has 16 heavy (non-hydrogen) atoms. The van der Waals surface area contributed by atoms with Crippen LogP contribution in [0.2, 0.25) is 0 Å². The number of rotatable bonds is 6. The summed E-state index contributed by atoms with van der Waals surface area (Å²) in [7, 11) is 0. The van der Waals surface area contributed by atoms with Crippen molar-refractivity contribution in [2.24, 2.45) is 0 Å². The molecular weight excluding hydrogens is 211 g/mol. The van der Waals surface area contributed by atoms with Crippen LogP contribution in [0.15, 0.2) is 12.5 Å². The van der Waals surface area contributed by atoms with E-state index in [0.717, 1.165) is 18.4 Å². The molecule has 0 radical (unpaired) electrons. The molecule has 5 heteroatoms. The van der Waals surface area contributed by atoms with E-state index >= 15 is 0 Å². The van der Waals surface area contributed by atoms with Gasteiger partial charge in [-0.2, -0.15) is 0 Å². The van der Waals surface area contributed by atoms with E-state index in [1.165, 1.54) is 6.33 Å². The molecule has 0 spiro atoms. The molecule has 0 N–H and O–H groups in total. The molecule has 0 unspecified atom stereocenters. The van der Waals surface area contributed by atoms with Crippen molar-refractivity contribution in [2.75, 3.05) is 13.3 Å². The number of hydrogen-bond acceptors (Lipinski definition) is 4. The minimum Gasteiger partial charge on any atom is -0.463 e. The fraction of sp³-hybridized carbons (Fsp3) is 0.545. The van der Waals surface area contributed by atoms with E-state index in [2.05, 4.69) is 14.7 Å². The van der Waals surface area contributed by atoms with Gasteiger partial charge in [-0.1, -0.05) is 13.3 Å². The number of carbonyl (C=O) groups excluding carboxylic acids is 1. The van der Waals surface area contributed by atoms with Crippen LogP contribution >= 0.6 is 0 Å². The molecule has 1 heterocycles. The standard InChI is InChI=1S/C11H15FN2O2/c1-2-3-9-7-13-8-14-10(9)6-11(15)16-5-4-12/h7-8H,2-6H2,1H3. The molecule has 0 atom stereocenters. The molecule has 0 aliphatic carbocycles. The van der Waals surface area contributed by atoms with Crippen molar-refractivity contribution in [3.63, 3.8) is 0 Å². The van der Waals surface area contributed by atoms with Gasteiger partial charge in [0.05, 0.1) is 12.1 Å². The Balaban J connectivity index is 2.61. The van der Waals surface area contributed by atoms with Crippen LogP contribution in [0.5, 0.6) is 0 Å². The number of nitrogens with zero attached hydrogens (tertiary/aromatic N) is 2. The van der Waals surface area contributed by atoms with Gasteiger partial charge >= 0.3 is 5.97 Å². The van der Waals surface area contributed by atoms with Crippen molar-refractivity contribution in [2.45, 2.75) is 26.2 Å². The number of halogens is 1. The van der Waals surface area contributed by atoms with E-state index in [9.17, 15) is 9.18 Å². The number of ether oxygens (including phenoxy) is 1. The monoisotopic (exact) mass is 226 g/mol. The molecule has 0 bridgehead atoms. The number of alkyl halides is 1. The Labute approximate surface area is 93.9 Å². The molecule has 1 rings (SSSR count). The average molecular weight is 226 g/mol. The number of aryl methyl sites for hydroxylation is 1. The summed E-state index contributed by atoms with van der Waals surface area (Å²) < 4.78 is 16.4. The summed E-state index contributed by atoms with van der Waals surface area (Å²) in [5.41, 5.74) is 1.61. The maximum atomic E-state index is 11.8. The topological polar surface area (TPSA) is 52.1 Å². The van der Waals surface area contributed by atoms with Crippen LogP contribution in [0.4, 0.5) is 4.39 Å². The van der Waals surface area contributed by atoms with Gasteiger partial charge in [-0.3, -0.25) is 4.79 Å². The Hall–Kier alpha value is -1.52. The van der Waals surface area contributed by atoms with E-state index in [1.54, 1.807) is 6.20 Å². The largest absolute Gasteiger partial charge is 0.463 e. The maximum Gasteiger partial charge on any atom is 0.311 e. The SMILES string of the molecule is CCCc1cncnc1CC(=O)OCCF. The summed E-state index contributed by atoms with van der Waals surface area (Å²) >= 11 is 0. The van der Waals surface area contributed by atoms with E-state index in [-0.39, 0.29) is 13.0 Å². The molecule has 1 aromatic rings. The van der Waals surface area contributed by atoms with E-state index < -0.39 is 12.6 Å². The summed E-state index contributed by atoms with van der Waals surface area (Å²) in [6, 6.07) is 0. The predicted molar refractivity (Wildman–Crippen MR) is 56.7 cm³/mol. The molecule has 0 saturated heterocycles. The second-order valence-electron chi connectivity index (χ2n) is 3.33. The van der Waals surface area contributed by atoms with E-state index in [1.807, 2.05) is 6.92 Å². The fourth-order valence-corrected chi connectivity index (χ4v) is 1.36. The van der Waals surface area contributed by atoms with Gasteiger partial charge in [0, 0.05) is 6.20 Å². The molecule has 88 valence electrons. The van der Waals surface area contributed by atoms with Crippen LogP contribution in [-0.2, 0) is 22.4 Å². The second-order valence-corrected chi connectivity index (χ2v) is 3.33. The summed E-state index contributed by atoms with van der Waals surface area (Å²) in [5.74, 6) is -0.450. The fourth-order valence-electron chi connectivity index (χ4n) is 1.36. The smallest absolute Gasteiger partial charge is 0.311 e. The van der Waals surface area contributed by atoms with Gasteiger partial charge in [0.15, 0.2) is 0 Å². The Morgan fingerprint density at radius 3 is 3.06 bits per heavy atom. The molecule has 0 fully saturated rings. The number of hydrogen-bond donors (Lipinski definition) is 0. The Morgan fingerprint density at radius 1 is 1.56 bits per heavy atom. The quantitative estimate of drug-likeness (QED) is 0.689. The highest BCUT2D eigenvalue weighted by Crippen LogP contribution is 2.08. The lowest BCUT2D eigenvalue weighted by Crippen LogP contribution is -2.12. The number of aromatic nitrogens is 2. The van der Waals surface area contributed by atoms with Crippen molar-refractivity contribution in [1.29, 1.82) is 0 Å².